The van der Waals surface area contributed by atoms with Crippen LogP contribution in [-0.2, 0) is 0 Å². The lowest BCUT2D eigenvalue weighted by atomic mass is 9.35. The molecule has 3 nitrogen and oxygen atoms in total. The Kier molecular flexibility index (Phi) is 3.20. The minimum absolute atomic E-state index is 0.158. The summed E-state index contributed by atoms with van der Waals surface area (Å²) in [6, 6.07) is 12.8. The van der Waals surface area contributed by atoms with Crippen molar-refractivity contribution in [1.29, 1.82) is 0 Å². The largest absolute Gasteiger partial charge is 0.508 e. The summed E-state index contributed by atoms with van der Waals surface area (Å²) in [4.78, 5) is 0. The third-order valence-electron chi connectivity index (χ3n) is 4.17. The Hall–Kier alpha value is -3.02. The van der Waals surface area contributed by atoms with Crippen LogP contribution in [-0.4, -0.2) is 16.9 Å². The van der Waals surface area contributed by atoms with Gasteiger partial charge < -0.3 is 14.9 Å². The van der Waals surface area contributed by atoms with E-state index in [9.17, 15) is 19.0 Å². The average Bonchev–Trinajstić information content (AvgIpc) is 2.54. The van der Waals surface area contributed by atoms with Crippen LogP contribution in [0.5, 0.6) is 23.0 Å². The van der Waals surface area contributed by atoms with Crippen molar-refractivity contribution in [2.24, 2.45) is 0 Å². The lowest BCUT2D eigenvalue weighted by molar-refractivity contribution is 0.452. The molecule has 0 bridgehead atoms. The van der Waals surface area contributed by atoms with Gasteiger partial charge in [0.15, 0.2) is 0 Å². The van der Waals surface area contributed by atoms with Gasteiger partial charge in [0.25, 0.3) is 6.71 Å². The highest BCUT2D eigenvalue weighted by Crippen LogP contribution is 2.30. The minimum atomic E-state index is -1.02. The second-order valence-corrected chi connectivity index (χ2v) is 5.55. The number of hydrogen-bond acceptors (Lipinski definition) is 3. The molecule has 0 amide bonds. The molecule has 1 heterocycles. The number of hydrogen-bond donors (Lipinski definition) is 2. The Morgan fingerprint density at radius 3 is 1.62 bits per heavy atom. The first-order valence-corrected chi connectivity index (χ1v) is 7.33. The Morgan fingerprint density at radius 1 is 0.667 bits per heavy atom. The van der Waals surface area contributed by atoms with Gasteiger partial charge in [0.05, 0.1) is 0 Å². The molecule has 3 aromatic carbocycles. The fourth-order valence-corrected chi connectivity index (χ4v) is 3.16. The van der Waals surface area contributed by atoms with Crippen LogP contribution in [0.3, 0.4) is 0 Å². The molecule has 0 aromatic heterocycles. The summed E-state index contributed by atoms with van der Waals surface area (Å²) in [6.45, 7) is -1.02. The van der Waals surface area contributed by atoms with E-state index < -0.39 is 18.3 Å². The van der Waals surface area contributed by atoms with Gasteiger partial charge in [-0.1, -0.05) is 18.2 Å². The first kappa shape index (κ1) is 14.6. The van der Waals surface area contributed by atoms with E-state index in [4.69, 9.17) is 4.74 Å². The molecule has 3 aromatic rings. The molecule has 0 unspecified atom stereocenters. The van der Waals surface area contributed by atoms with Crippen LogP contribution in [0.25, 0.3) is 0 Å². The lowest BCUT2D eigenvalue weighted by Gasteiger charge is -2.28. The van der Waals surface area contributed by atoms with Gasteiger partial charge in [0.1, 0.15) is 34.6 Å². The maximum atomic E-state index is 14.4. The average molecular weight is 324 g/mol. The zero-order valence-corrected chi connectivity index (χ0v) is 12.3. The Bertz CT molecular complexity index is 854. The molecule has 4 rings (SSSR count). The third kappa shape index (κ3) is 2.03. The summed E-state index contributed by atoms with van der Waals surface area (Å²) in [7, 11) is 0. The van der Waals surface area contributed by atoms with Crippen LogP contribution in [0.2, 0.25) is 0 Å². The Labute approximate surface area is 136 Å². The maximum absolute atomic E-state index is 14.4. The number of rotatable bonds is 1. The van der Waals surface area contributed by atoms with Crippen LogP contribution in [0, 0.1) is 11.6 Å². The SMILES string of the molecule is Oc1cccc2c1B(c1c(F)cccc1F)c1c(O)cccc1O2. The normalized spacial score (nSPS) is 12.3. The fourth-order valence-electron chi connectivity index (χ4n) is 3.16. The number of phenolic OH excluding ortho intramolecular Hbond substituents is 2. The van der Waals surface area contributed by atoms with E-state index in [0.29, 0.717) is 11.5 Å². The summed E-state index contributed by atoms with van der Waals surface area (Å²) >= 11 is 0. The molecule has 0 saturated carbocycles. The van der Waals surface area contributed by atoms with Crippen molar-refractivity contribution in [2.45, 2.75) is 0 Å². The van der Waals surface area contributed by atoms with E-state index in [1.54, 1.807) is 24.3 Å². The van der Waals surface area contributed by atoms with E-state index in [1.165, 1.54) is 18.2 Å². The van der Waals surface area contributed by atoms with Gasteiger partial charge in [-0.3, -0.25) is 0 Å². The summed E-state index contributed by atoms with van der Waals surface area (Å²) in [6.07, 6.45) is 0. The molecule has 0 fully saturated rings. The first-order valence-electron chi connectivity index (χ1n) is 7.33. The van der Waals surface area contributed by atoms with Crippen molar-refractivity contribution >= 4 is 23.1 Å². The van der Waals surface area contributed by atoms with Gasteiger partial charge in [-0.05, 0) is 36.4 Å². The van der Waals surface area contributed by atoms with Gasteiger partial charge in [0.2, 0.25) is 0 Å². The highest BCUT2D eigenvalue weighted by molar-refractivity contribution is 6.98. The molecule has 0 atom stereocenters. The molecular formula is C18H11BF2O3. The minimum Gasteiger partial charge on any atom is -0.508 e. The van der Waals surface area contributed by atoms with Gasteiger partial charge in [-0.2, -0.15) is 0 Å². The summed E-state index contributed by atoms with van der Waals surface area (Å²) in [5.41, 5.74) is 0.192. The molecule has 2 N–H and O–H groups in total. The van der Waals surface area contributed by atoms with Gasteiger partial charge in [-0.25, -0.2) is 8.78 Å². The smallest absolute Gasteiger partial charge is 0.268 e. The molecule has 0 radical (unpaired) electrons. The topological polar surface area (TPSA) is 49.7 Å². The number of ether oxygens (including phenoxy) is 1. The molecule has 6 heteroatoms. The van der Waals surface area contributed by atoms with Crippen LogP contribution < -0.4 is 21.1 Å². The summed E-state index contributed by atoms with van der Waals surface area (Å²) < 4.78 is 34.6. The zero-order valence-electron chi connectivity index (χ0n) is 12.3. The van der Waals surface area contributed by atoms with Crippen molar-refractivity contribution in [1.82, 2.24) is 0 Å². The van der Waals surface area contributed by atoms with Crippen LogP contribution >= 0.6 is 0 Å². The predicted octanol–water partition coefficient (Wildman–Crippen LogP) is 2.00. The molecule has 1 aliphatic rings. The molecule has 118 valence electrons. The maximum Gasteiger partial charge on any atom is 0.268 e. The number of benzene rings is 3. The molecule has 0 saturated heterocycles. The second-order valence-electron chi connectivity index (χ2n) is 5.55. The van der Waals surface area contributed by atoms with Crippen molar-refractivity contribution in [2.75, 3.05) is 0 Å². The quantitative estimate of drug-likeness (QED) is 0.527. The van der Waals surface area contributed by atoms with Crippen molar-refractivity contribution < 1.29 is 23.7 Å². The molecule has 24 heavy (non-hydrogen) atoms. The van der Waals surface area contributed by atoms with E-state index in [0.717, 1.165) is 12.1 Å². The summed E-state index contributed by atoms with van der Waals surface area (Å²) in [5.74, 6) is -1.25. The van der Waals surface area contributed by atoms with E-state index in [1.807, 2.05) is 0 Å². The lowest BCUT2D eigenvalue weighted by Crippen LogP contribution is -2.57. The van der Waals surface area contributed by atoms with Crippen LogP contribution in [0.1, 0.15) is 0 Å². The van der Waals surface area contributed by atoms with Crippen LogP contribution in [0.15, 0.2) is 54.6 Å². The van der Waals surface area contributed by atoms with Gasteiger partial charge in [-0.15, -0.1) is 0 Å². The van der Waals surface area contributed by atoms with E-state index in [2.05, 4.69) is 0 Å². The summed E-state index contributed by atoms with van der Waals surface area (Å²) in [5, 5.41) is 20.6. The standard InChI is InChI=1S/C18H11BF2O3/c20-10-4-1-5-11(21)16(10)19-17-12(22)6-2-8-14(17)24-15-9-3-7-13(23)18(15)19/h1-9,22-23H. The molecule has 0 aliphatic carbocycles. The van der Waals surface area contributed by atoms with Gasteiger partial charge in [0, 0.05) is 16.4 Å². The van der Waals surface area contributed by atoms with Crippen molar-refractivity contribution in [3.8, 4) is 23.0 Å². The van der Waals surface area contributed by atoms with E-state index in [-0.39, 0.29) is 27.9 Å². The fraction of sp³-hybridized carbons (Fsp3) is 0. The number of aromatic hydroxyl groups is 2. The first-order chi connectivity index (χ1) is 11.6. The highest BCUT2D eigenvalue weighted by Gasteiger charge is 2.39. The third-order valence-corrected chi connectivity index (χ3v) is 4.17. The monoisotopic (exact) mass is 324 g/mol. The molecule has 1 aliphatic heterocycles. The van der Waals surface area contributed by atoms with Crippen molar-refractivity contribution in [3.63, 3.8) is 0 Å². The highest BCUT2D eigenvalue weighted by atomic mass is 19.1. The number of fused-ring (bicyclic) bond motifs is 2. The van der Waals surface area contributed by atoms with Crippen molar-refractivity contribution in [3.05, 3.63) is 66.2 Å². The second kappa shape index (κ2) is 5.27. The number of halogens is 2. The Balaban J connectivity index is 2.10. The van der Waals surface area contributed by atoms with Gasteiger partial charge >= 0.3 is 0 Å². The predicted molar refractivity (Wildman–Crippen MR) is 87.3 cm³/mol. The number of phenols is 2. The molecular weight excluding hydrogens is 313 g/mol. The van der Waals surface area contributed by atoms with Crippen LogP contribution in [0.4, 0.5) is 8.78 Å². The zero-order chi connectivity index (χ0) is 16.8. The molecule has 0 spiro atoms. The Morgan fingerprint density at radius 2 is 1.12 bits per heavy atom. The van der Waals surface area contributed by atoms with E-state index >= 15 is 0 Å².